The minimum atomic E-state index is 0.605. The molecule has 0 aliphatic carbocycles. The molecule has 53 heavy (non-hydrogen) atoms. The summed E-state index contributed by atoms with van der Waals surface area (Å²) >= 11 is 0. The van der Waals surface area contributed by atoms with Gasteiger partial charge in [0.1, 0.15) is 5.52 Å². The van der Waals surface area contributed by atoms with Gasteiger partial charge in [0, 0.05) is 38.9 Å². The first-order chi connectivity index (χ1) is 26.3. The number of oxazole rings is 1. The summed E-state index contributed by atoms with van der Waals surface area (Å²) in [5, 5.41) is 4.92. The van der Waals surface area contributed by atoms with E-state index >= 15 is 0 Å². The van der Waals surface area contributed by atoms with Crippen LogP contribution in [0.1, 0.15) is 0 Å². The number of hydrogen-bond acceptors (Lipinski definition) is 2. The number of nitrogens with zero attached hydrogens (tertiary/aromatic N) is 3. The standard InChI is InChI=1S/C49H31N3O/c1-3-11-32(12-4-1)35-21-27-46-41(29-35)39-15-7-9-17-44(39)51(46)37-23-19-34(20-24-37)49-50-43-26-25-38(31-48(43)53-49)52-45-18-10-8-16-40(45)42-30-36(22-28-47(42)52)33-13-5-2-6-14-33/h1-31H. The highest BCUT2D eigenvalue weighted by Gasteiger charge is 2.17. The van der Waals surface area contributed by atoms with Gasteiger partial charge < -0.3 is 13.6 Å². The Morgan fingerprint density at radius 1 is 0.340 bits per heavy atom. The second-order valence-electron chi connectivity index (χ2n) is 13.6. The summed E-state index contributed by atoms with van der Waals surface area (Å²) in [4.78, 5) is 4.92. The highest BCUT2D eigenvalue weighted by atomic mass is 16.3. The van der Waals surface area contributed by atoms with Gasteiger partial charge in [-0.1, -0.05) is 109 Å². The van der Waals surface area contributed by atoms with Crippen LogP contribution in [-0.4, -0.2) is 14.1 Å². The number of fused-ring (bicyclic) bond motifs is 7. The van der Waals surface area contributed by atoms with Crippen LogP contribution in [0.15, 0.2) is 192 Å². The van der Waals surface area contributed by atoms with Crippen molar-refractivity contribution in [3.8, 4) is 45.1 Å². The lowest BCUT2D eigenvalue weighted by molar-refractivity contribution is 0.619. The quantitative estimate of drug-likeness (QED) is 0.182. The van der Waals surface area contributed by atoms with Gasteiger partial charge in [-0.15, -0.1) is 0 Å². The van der Waals surface area contributed by atoms with Crippen LogP contribution in [0.2, 0.25) is 0 Å². The normalized spacial score (nSPS) is 11.8. The third-order valence-electron chi connectivity index (χ3n) is 10.6. The average Bonchev–Trinajstić information content (AvgIpc) is 3.91. The molecule has 0 saturated carbocycles. The van der Waals surface area contributed by atoms with Crippen molar-refractivity contribution in [3.63, 3.8) is 0 Å². The fourth-order valence-corrected chi connectivity index (χ4v) is 8.05. The lowest BCUT2D eigenvalue weighted by Crippen LogP contribution is -1.93. The zero-order valence-corrected chi connectivity index (χ0v) is 28.6. The van der Waals surface area contributed by atoms with Crippen molar-refractivity contribution in [2.75, 3.05) is 0 Å². The van der Waals surface area contributed by atoms with E-state index in [0.717, 1.165) is 39.1 Å². The maximum Gasteiger partial charge on any atom is 0.227 e. The van der Waals surface area contributed by atoms with Crippen molar-refractivity contribution < 1.29 is 4.42 Å². The van der Waals surface area contributed by atoms with Crippen LogP contribution in [0.3, 0.4) is 0 Å². The minimum Gasteiger partial charge on any atom is -0.436 e. The first kappa shape index (κ1) is 29.5. The van der Waals surface area contributed by atoms with Crippen molar-refractivity contribution in [3.05, 3.63) is 188 Å². The van der Waals surface area contributed by atoms with Gasteiger partial charge in [0.25, 0.3) is 0 Å². The van der Waals surface area contributed by atoms with Crippen molar-refractivity contribution in [1.82, 2.24) is 14.1 Å². The van der Waals surface area contributed by atoms with Crippen LogP contribution in [0.5, 0.6) is 0 Å². The number of hydrogen-bond donors (Lipinski definition) is 0. The topological polar surface area (TPSA) is 35.9 Å². The lowest BCUT2D eigenvalue weighted by Gasteiger charge is -2.09. The Labute approximate surface area is 305 Å². The van der Waals surface area contributed by atoms with Crippen LogP contribution < -0.4 is 0 Å². The third-order valence-corrected chi connectivity index (χ3v) is 10.6. The summed E-state index contributed by atoms with van der Waals surface area (Å²) in [6.07, 6.45) is 0. The smallest absolute Gasteiger partial charge is 0.227 e. The van der Waals surface area contributed by atoms with Gasteiger partial charge in [0.2, 0.25) is 5.89 Å². The van der Waals surface area contributed by atoms with E-state index in [0.29, 0.717) is 5.89 Å². The molecule has 0 radical (unpaired) electrons. The largest absolute Gasteiger partial charge is 0.436 e. The SMILES string of the molecule is c1ccc(-c2ccc3c(c2)c2ccccc2n3-c2ccc(-c3nc4ccc(-n5c6ccccc6c6cc(-c7ccccc7)ccc65)cc4o3)cc2)cc1. The zero-order chi connectivity index (χ0) is 34.9. The van der Waals surface area contributed by atoms with E-state index in [1.165, 1.54) is 54.8 Å². The molecule has 0 aliphatic heterocycles. The fraction of sp³-hybridized carbons (Fsp3) is 0. The van der Waals surface area contributed by atoms with Crippen molar-refractivity contribution in [1.29, 1.82) is 0 Å². The van der Waals surface area contributed by atoms with Crippen molar-refractivity contribution >= 4 is 54.7 Å². The monoisotopic (exact) mass is 677 g/mol. The Hall–Kier alpha value is -7.17. The molecular formula is C49H31N3O. The minimum absolute atomic E-state index is 0.605. The molecule has 11 aromatic rings. The summed E-state index contributed by atoms with van der Waals surface area (Å²) in [5.41, 5.74) is 14.2. The first-order valence-electron chi connectivity index (χ1n) is 18.0. The predicted octanol–water partition coefficient (Wildman–Crippen LogP) is 13.0. The molecule has 11 rings (SSSR count). The zero-order valence-electron chi connectivity index (χ0n) is 28.6. The Morgan fingerprint density at radius 3 is 1.40 bits per heavy atom. The second kappa shape index (κ2) is 11.7. The van der Waals surface area contributed by atoms with E-state index in [-0.39, 0.29) is 0 Å². The molecule has 0 spiro atoms. The van der Waals surface area contributed by atoms with Gasteiger partial charge in [-0.25, -0.2) is 4.98 Å². The molecule has 3 heterocycles. The van der Waals surface area contributed by atoms with E-state index in [9.17, 15) is 0 Å². The van der Waals surface area contributed by atoms with E-state index in [2.05, 4.69) is 197 Å². The molecule has 0 atom stereocenters. The summed E-state index contributed by atoms with van der Waals surface area (Å²) in [6.45, 7) is 0. The van der Waals surface area contributed by atoms with Gasteiger partial charge in [-0.3, -0.25) is 0 Å². The molecule has 0 fully saturated rings. The summed E-state index contributed by atoms with van der Waals surface area (Å²) < 4.78 is 11.2. The molecular weight excluding hydrogens is 647 g/mol. The summed E-state index contributed by atoms with van der Waals surface area (Å²) in [7, 11) is 0. The Balaban J connectivity index is 0.971. The van der Waals surface area contributed by atoms with Crippen LogP contribution in [0.25, 0.3) is 99.8 Å². The van der Waals surface area contributed by atoms with Gasteiger partial charge in [-0.05, 0) is 95.1 Å². The van der Waals surface area contributed by atoms with Crippen molar-refractivity contribution in [2.24, 2.45) is 0 Å². The fourth-order valence-electron chi connectivity index (χ4n) is 8.05. The van der Waals surface area contributed by atoms with Crippen LogP contribution in [0, 0.1) is 0 Å². The first-order valence-corrected chi connectivity index (χ1v) is 18.0. The molecule has 248 valence electrons. The third kappa shape index (κ3) is 4.73. The molecule has 0 aliphatic rings. The van der Waals surface area contributed by atoms with Crippen LogP contribution >= 0.6 is 0 Å². The van der Waals surface area contributed by atoms with Gasteiger partial charge in [-0.2, -0.15) is 0 Å². The maximum atomic E-state index is 6.49. The number of benzene rings is 8. The van der Waals surface area contributed by atoms with E-state index in [1.54, 1.807) is 0 Å². The van der Waals surface area contributed by atoms with Gasteiger partial charge >= 0.3 is 0 Å². The Morgan fingerprint density at radius 2 is 0.811 bits per heavy atom. The molecule has 4 nitrogen and oxygen atoms in total. The molecule has 0 saturated heterocycles. The highest BCUT2D eigenvalue weighted by Crippen LogP contribution is 2.38. The summed E-state index contributed by atoms with van der Waals surface area (Å²) in [6, 6.07) is 66.7. The van der Waals surface area contributed by atoms with Crippen molar-refractivity contribution in [2.45, 2.75) is 0 Å². The molecule has 0 amide bonds. The summed E-state index contributed by atoms with van der Waals surface area (Å²) in [5.74, 6) is 0.605. The number of rotatable bonds is 5. The van der Waals surface area contributed by atoms with Gasteiger partial charge in [0.05, 0.1) is 27.8 Å². The second-order valence-corrected chi connectivity index (χ2v) is 13.6. The van der Waals surface area contributed by atoms with Crippen LogP contribution in [0.4, 0.5) is 0 Å². The number of para-hydroxylation sites is 2. The lowest BCUT2D eigenvalue weighted by atomic mass is 10.0. The number of aromatic nitrogens is 3. The van der Waals surface area contributed by atoms with Crippen LogP contribution in [-0.2, 0) is 0 Å². The predicted molar refractivity (Wildman–Crippen MR) is 219 cm³/mol. The molecule has 0 bridgehead atoms. The average molecular weight is 678 g/mol. The van der Waals surface area contributed by atoms with E-state index in [1.807, 2.05) is 0 Å². The molecule has 4 heteroatoms. The molecule has 0 N–H and O–H groups in total. The van der Waals surface area contributed by atoms with E-state index in [4.69, 9.17) is 9.40 Å². The highest BCUT2D eigenvalue weighted by molar-refractivity contribution is 6.11. The van der Waals surface area contributed by atoms with E-state index < -0.39 is 0 Å². The Kier molecular flexibility index (Phi) is 6.52. The molecule has 0 unspecified atom stereocenters. The van der Waals surface area contributed by atoms with Gasteiger partial charge in [0.15, 0.2) is 5.58 Å². The maximum absolute atomic E-state index is 6.49. The molecule has 3 aromatic heterocycles. The Bertz CT molecular complexity index is 3150. The molecule has 8 aromatic carbocycles.